The molecule has 1 fully saturated rings. The average Bonchev–Trinajstić information content (AvgIpc) is 3.20. The summed E-state index contributed by atoms with van der Waals surface area (Å²) >= 11 is 1.78. The van der Waals surface area contributed by atoms with Crippen LogP contribution in [-0.4, -0.2) is 54.0 Å². The Morgan fingerprint density at radius 1 is 1.38 bits per heavy atom. The number of aliphatic imine (C=N–C) groups is 1. The fourth-order valence-electron chi connectivity index (χ4n) is 3.03. The normalized spacial score (nSPS) is 17.2. The van der Waals surface area contributed by atoms with Gasteiger partial charge in [0.05, 0.1) is 10.7 Å². The van der Waals surface area contributed by atoms with Crippen molar-refractivity contribution in [1.29, 1.82) is 0 Å². The summed E-state index contributed by atoms with van der Waals surface area (Å²) in [5.41, 5.74) is 1.21. The van der Waals surface area contributed by atoms with E-state index < -0.39 is 0 Å². The average molecular weight is 493 g/mol. The minimum absolute atomic E-state index is 0. The maximum Gasteiger partial charge on any atom is 0.222 e. The number of amides is 1. The van der Waals surface area contributed by atoms with Crippen LogP contribution in [0.25, 0.3) is 0 Å². The Bertz CT molecular complexity index is 604. The quantitative estimate of drug-likeness (QED) is 0.348. The van der Waals surface area contributed by atoms with Crippen molar-refractivity contribution in [3.63, 3.8) is 0 Å². The van der Waals surface area contributed by atoms with Gasteiger partial charge in [-0.3, -0.25) is 9.79 Å². The number of nitrogens with one attached hydrogen (secondary N) is 2. The Morgan fingerprint density at radius 2 is 2.15 bits per heavy atom. The molecular weight excluding hydrogens is 461 g/mol. The summed E-state index contributed by atoms with van der Waals surface area (Å²) in [7, 11) is 0. The molecule has 2 N–H and O–H groups in total. The number of carbonyl (C=O) groups excluding carboxylic acids is 1. The molecule has 1 amide bonds. The van der Waals surface area contributed by atoms with Crippen molar-refractivity contribution in [2.75, 3.05) is 26.2 Å². The van der Waals surface area contributed by atoms with Crippen LogP contribution < -0.4 is 10.6 Å². The smallest absolute Gasteiger partial charge is 0.222 e. The molecule has 0 saturated carbocycles. The van der Waals surface area contributed by atoms with E-state index in [4.69, 9.17) is 0 Å². The van der Waals surface area contributed by atoms with Crippen molar-refractivity contribution >= 4 is 47.2 Å². The summed E-state index contributed by atoms with van der Waals surface area (Å²) in [5.74, 6) is 1.07. The van der Waals surface area contributed by atoms with E-state index in [2.05, 4.69) is 41.4 Å². The van der Waals surface area contributed by atoms with Crippen LogP contribution in [-0.2, 0) is 17.6 Å². The number of rotatable bonds is 7. The summed E-state index contributed by atoms with van der Waals surface area (Å²) in [5, 5.41) is 7.93. The minimum atomic E-state index is 0. The second kappa shape index (κ2) is 11.7. The molecule has 26 heavy (non-hydrogen) atoms. The molecule has 1 unspecified atom stereocenters. The third-order valence-electron chi connectivity index (χ3n) is 4.40. The molecule has 1 saturated heterocycles. The Kier molecular flexibility index (Phi) is 10.4. The van der Waals surface area contributed by atoms with E-state index in [1.165, 1.54) is 10.6 Å². The second-order valence-electron chi connectivity index (χ2n) is 6.30. The van der Waals surface area contributed by atoms with E-state index in [1.54, 1.807) is 11.3 Å². The van der Waals surface area contributed by atoms with E-state index in [0.717, 1.165) is 56.4 Å². The molecule has 1 aliphatic rings. The first-order valence-corrected chi connectivity index (χ1v) is 10.2. The highest BCUT2D eigenvalue weighted by Crippen LogP contribution is 2.18. The van der Waals surface area contributed by atoms with Crippen LogP contribution in [0, 0.1) is 6.92 Å². The molecule has 1 atom stereocenters. The maximum atomic E-state index is 11.8. The summed E-state index contributed by atoms with van der Waals surface area (Å²) in [4.78, 5) is 24.4. The van der Waals surface area contributed by atoms with Crippen molar-refractivity contribution < 1.29 is 4.79 Å². The third kappa shape index (κ3) is 6.68. The summed E-state index contributed by atoms with van der Waals surface area (Å²) in [6, 6.07) is 0.280. The molecule has 1 aromatic heterocycles. The number of thiazole rings is 1. The predicted octanol–water partition coefficient (Wildman–Crippen LogP) is 2.74. The van der Waals surface area contributed by atoms with Crippen LogP contribution in [0.2, 0.25) is 0 Å². The Balaban J connectivity index is 0.00000338. The van der Waals surface area contributed by atoms with Gasteiger partial charge in [-0.2, -0.15) is 0 Å². The fourth-order valence-corrected chi connectivity index (χ4v) is 4.04. The number of guanidine groups is 1. The van der Waals surface area contributed by atoms with E-state index >= 15 is 0 Å². The van der Waals surface area contributed by atoms with Gasteiger partial charge < -0.3 is 15.5 Å². The van der Waals surface area contributed by atoms with Gasteiger partial charge in [-0.1, -0.05) is 13.8 Å². The van der Waals surface area contributed by atoms with Gasteiger partial charge in [-0.05, 0) is 26.7 Å². The molecule has 148 valence electrons. The Morgan fingerprint density at radius 3 is 2.77 bits per heavy atom. The van der Waals surface area contributed by atoms with Crippen LogP contribution in [0.3, 0.4) is 0 Å². The number of halogens is 1. The number of aromatic nitrogens is 1. The molecule has 1 aliphatic heterocycles. The van der Waals surface area contributed by atoms with Crippen LogP contribution in [0.15, 0.2) is 4.99 Å². The number of carbonyl (C=O) groups is 1. The highest BCUT2D eigenvalue weighted by molar-refractivity contribution is 14.0. The number of nitrogens with zero attached hydrogens (tertiary/aromatic N) is 3. The van der Waals surface area contributed by atoms with E-state index in [0.29, 0.717) is 6.42 Å². The first kappa shape index (κ1) is 23.1. The zero-order chi connectivity index (χ0) is 18.2. The molecule has 0 aromatic carbocycles. The highest BCUT2D eigenvalue weighted by atomic mass is 127. The summed E-state index contributed by atoms with van der Waals surface area (Å²) in [6.45, 7) is 11.4. The zero-order valence-corrected chi connectivity index (χ0v) is 19.4. The van der Waals surface area contributed by atoms with Crippen LogP contribution in [0.5, 0.6) is 0 Å². The van der Waals surface area contributed by atoms with Crippen molar-refractivity contribution in [1.82, 2.24) is 20.5 Å². The van der Waals surface area contributed by atoms with E-state index in [1.807, 2.05) is 11.8 Å². The molecule has 6 nitrogen and oxygen atoms in total. The molecule has 8 heteroatoms. The van der Waals surface area contributed by atoms with Gasteiger partial charge >= 0.3 is 0 Å². The first-order chi connectivity index (χ1) is 12.1. The first-order valence-electron chi connectivity index (χ1n) is 9.35. The number of aryl methyl sites for hydroxylation is 2. The van der Waals surface area contributed by atoms with Crippen molar-refractivity contribution in [3.05, 3.63) is 15.6 Å². The van der Waals surface area contributed by atoms with Gasteiger partial charge in [0.15, 0.2) is 5.96 Å². The number of likely N-dealkylation sites (tertiary alicyclic amines) is 1. The monoisotopic (exact) mass is 493 g/mol. The van der Waals surface area contributed by atoms with E-state index in [-0.39, 0.29) is 35.9 Å². The highest BCUT2D eigenvalue weighted by Gasteiger charge is 2.25. The van der Waals surface area contributed by atoms with Gasteiger partial charge in [-0.25, -0.2) is 4.98 Å². The number of hydrogen-bond donors (Lipinski definition) is 2. The molecular formula is C18H32IN5OS. The summed E-state index contributed by atoms with van der Waals surface area (Å²) in [6.07, 6.45) is 3.41. The van der Waals surface area contributed by atoms with Crippen molar-refractivity contribution in [2.24, 2.45) is 4.99 Å². The predicted molar refractivity (Wildman–Crippen MR) is 120 cm³/mol. The minimum Gasteiger partial charge on any atom is -0.357 e. The second-order valence-corrected chi connectivity index (χ2v) is 7.59. The van der Waals surface area contributed by atoms with Gasteiger partial charge in [0.1, 0.15) is 0 Å². The molecule has 1 aromatic rings. The topological polar surface area (TPSA) is 69.6 Å². The molecule has 0 radical (unpaired) electrons. The lowest BCUT2D eigenvalue weighted by molar-refractivity contribution is -0.129. The molecule has 2 rings (SSSR count). The molecule has 0 spiro atoms. The van der Waals surface area contributed by atoms with E-state index in [9.17, 15) is 4.79 Å². The molecule has 2 heterocycles. The lowest BCUT2D eigenvalue weighted by Crippen LogP contribution is -2.45. The van der Waals surface area contributed by atoms with Crippen LogP contribution in [0.1, 0.15) is 49.2 Å². The molecule has 0 aliphatic carbocycles. The van der Waals surface area contributed by atoms with Crippen LogP contribution >= 0.6 is 35.3 Å². The standard InChI is InChI=1S/C18H31N5OS.HI/c1-5-15-13(4)25-16(22-15)8-10-20-18(19-7-3)21-14-9-11-23(12-14)17(24)6-2;/h14H,5-12H2,1-4H3,(H2,19,20,21);1H. The summed E-state index contributed by atoms with van der Waals surface area (Å²) < 4.78 is 0. The van der Waals surface area contributed by atoms with Crippen molar-refractivity contribution in [3.8, 4) is 0 Å². The largest absolute Gasteiger partial charge is 0.357 e. The fraction of sp³-hybridized carbons (Fsp3) is 0.722. The molecule has 0 bridgehead atoms. The third-order valence-corrected chi connectivity index (χ3v) is 5.47. The van der Waals surface area contributed by atoms with Gasteiger partial charge in [0.25, 0.3) is 0 Å². The van der Waals surface area contributed by atoms with Gasteiger partial charge in [0.2, 0.25) is 5.91 Å². The SMILES string of the molecule is CCNC(=NCCc1nc(CC)c(C)s1)NC1CCN(C(=O)CC)C1.I. The lowest BCUT2D eigenvalue weighted by Gasteiger charge is -2.18. The number of hydrogen-bond acceptors (Lipinski definition) is 4. The van der Waals surface area contributed by atoms with Crippen molar-refractivity contribution in [2.45, 2.75) is 59.4 Å². The Labute approximate surface area is 178 Å². The van der Waals surface area contributed by atoms with Gasteiger partial charge in [-0.15, -0.1) is 35.3 Å². The zero-order valence-electron chi connectivity index (χ0n) is 16.3. The lowest BCUT2D eigenvalue weighted by atomic mass is 10.3. The Hall–Kier alpha value is -0.900. The van der Waals surface area contributed by atoms with Gasteiger partial charge in [0, 0.05) is 49.9 Å². The maximum absolute atomic E-state index is 11.8. The van der Waals surface area contributed by atoms with Crippen LogP contribution in [0.4, 0.5) is 0 Å².